The Hall–Kier alpha value is -2.42. The third-order valence-corrected chi connectivity index (χ3v) is 5.73. The van der Waals surface area contributed by atoms with Gasteiger partial charge in [-0.15, -0.1) is 0 Å². The van der Waals surface area contributed by atoms with Gasteiger partial charge in [0.2, 0.25) is 5.91 Å². The van der Waals surface area contributed by atoms with Gasteiger partial charge < -0.3 is 20.5 Å². The Morgan fingerprint density at radius 3 is 2.33 bits per heavy atom. The SMILES string of the molecule is O=C(Nc1ccc(C(F)(F)F)cc1-c1ccc(C2(O)COC2)cc1)C1CCNCC1. The van der Waals surface area contributed by atoms with E-state index in [2.05, 4.69) is 10.6 Å². The number of aliphatic hydroxyl groups is 1. The molecule has 160 valence electrons. The molecule has 8 heteroatoms. The van der Waals surface area contributed by atoms with E-state index in [9.17, 15) is 23.1 Å². The van der Waals surface area contributed by atoms with Gasteiger partial charge in [0.1, 0.15) is 5.60 Å². The summed E-state index contributed by atoms with van der Waals surface area (Å²) in [5.74, 6) is -0.355. The van der Waals surface area contributed by atoms with E-state index in [-0.39, 0.29) is 30.6 Å². The Labute approximate surface area is 172 Å². The van der Waals surface area contributed by atoms with Crippen molar-refractivity contribution in [3.63, 3.8) is 0 Å². The van der Waals surface area contributed by atoms with Crippen LogP contribution in [-0.4, -0.2) is 37.3 Å². The molecule has 2 aliphatic rings. The molecule has 0 radical (unpaired) electrons. The average Bonchev–Trinajstić information content (AvgIpc) is 2.72. The highest BCUT2D eigenvalue weighted by molar-refractivity contribution is 5.97. The van der Waals surface area contributed by atoms with Crippen molar-refractivity contribution in [2.45, 2.75) is 24.6 Å². The van der Waals surface area contributed by atoms with Gasteiger partial charge in [-0.3, -0.25) is 4.79 Å². The number of amides is 1. The summed E-state index contributed by atoms with van der Waals surface area (Å²) in [6, 6.07) is 9.99. The number of carbonyl (C=O) groups is 1. The summed E-state index contributed by atoms with van der Waals surface area (Å²) in [5, 5.41) is 16.4. The molecule has 0 saturated carbocycles. The number of nitrogens with one attached hydrogen (secondary N) is 2. The predicted molar refractivity (Wildman–Crippen MR) is 106 cm³/mol. The smallest absolute Gasteiger partial charge is 0.380 e. The lowest BCUT2D eigenvalue weighted by Gasteiger charge is -2.36. The molecule has 0 bridgehead atoms. The van der Waals surface area contributed by atoms with Crippen molar-refractivity contribution in [2.75, 3.05) is 31.6 Å². The number of ether oxygens (including phenoxy) is 1. The molecule has 0 spiro atoms. The predicted octanol–water partition coefficient (Wildman–Crippen LogP) is 3.53. The maximum absolute atomic E-state index is 13.3. The van der Waals surface area contributed by atoms with E-state index in [1.54, 1.807) is 24.3 Å². The molecule has 2 heterocycles. The van der Waals surface area contributed by atoms with E-state index in [0.717, 1.165) is 25.2 Å². The summed E-state index contributed by atoms with van der Waals surface area (Å²) in [6.07, 6.45) is -3.11. The molecule has 4 rings (SSSR count). The monoisotopic (exact) mass is 420 g/mol. The zero-order valence-electron chi connectivity index (χ0n) is 16.3. The quantitative estimate of drug-likeness (QED) is 0.708. The molecular formula is C22H23F3N2O3. The molecule has 0 atom stereocenters. The number of piperidine rings is 1. The van der Waals surface area contributed by atoms with E-state index >= 15 is 0 Å². The summed E-state index contributed by atoms with van der Waals surface area (Å²) in [7, 11) is 0. The van der Waals surface area contributed by atoms with Gasteiger partial charge in [-0.1, -0.05) is 24.3 Å². The molecule has 0 unspecified atom stereocenters. The molecule has 30 heavy (non-hydrogen) atoms. The zero-order chi connectivity index (χ0) is 21.4. The maximum Gasteiger partial charge on any atom is 0.416 e. The van der Waals surface area contributed by atoms with Crippen LogP contribution in [0.2, 0.25) is 0 Å². The Bertz CT molecular complexity index is 918. The molecule has 1 amide bonds. The van der Waals surface area contributed by atoms with Crippen LogP contribution in [0, 0.1) is 5.92 Å². The van der Waals surface area contributed by atoms with E-state index in [1.807, 2.05) is 0 Å². The van der Waals surface area contributed by atoms with Gasteiger partial charge in [-0.25, -0.2) is 0 Å². The number of benzene rings is 2. The van der Waals surface area contributed by atoms with Crippen molar-refractivity contribution < 1.29 is 27.8 Å². The summed E-state index contributed by atoms with van der Waals surface area (Å²) in [6.45, 7) is 1.86. The van der Waals surface area contributed by atoms with Gasteiger partial charge in [0.25, 0.3) is 0 Å². The van der Waals surface area contributed by atoms with Crippen molar-refractivity contribution in [3.05, 3.63) is 53.6 Å². The molecule has 2 aliphatic heterocycles. The molecule has 5 nitrogen and oxygen atoms in total. The molecule has 2 saturated heterocycles. The van der Waals surface area contributed by atoms with Crippen LogP contribution in [-0.2, 0) is 21.3 Å². The van der Waals surface area contributed by atoms with Crippen LogP contribution < -0.4 is 10.6 Å². The van der Waals surface area contributed by atoms with Crippen molar-refractivity contribution in [2.24, 2.45) is 5.92 Å². The van der Waals surface area contributed by atoms with Crippen molar-refractivity contribution in [3.8, 4) is 11.1 Å². The van der Waals surface area contributed by atoms with Crippen LogP contribution in [0.4, 0.5) is 18.9 Å². The Morgan fingerprint density at radius 2 is 1.77 bits per heavy atom. The minimum absolute atomic E-state index is 0.170. The lowest BCUT2D eigenvalue weighted by molar-refractivity contribution is -0.184. The first-order chi connectivity index (χ1) is 14.3. The number of rotatable bonds is 4. The minimum atomic E-state index is -4.50. The summed E-state index contributed by atoms with van der Waals surface area (Å²) in [5.41, 5.74) is -0.0506. The fraction of sp³-hybridized carbons (Fsp3) is 0.409. The minimum Gasteiger partial charge on any atom is -0.380 e. The highest BCUT2D eigenvalue weighted by atomic mass is 19.4. The first-order valence-corrected chi connectivity index (χ1v) is 9.90. The van der Waals surface area contributed by atoms with Gasteiger partial charge in [0, 0.05) is 17.2 Å². The third kappa shape index (κ3) is 4.21. The van der Waals surface area contributed by atoms with Crippen molar-refractivity contribution in [1.29, 1.82) is 0 Å². The van der Waals surface area contributed by atoms with Gasteiger partial charge >= 0.3 is 6.18 Å². The number of carbonyl (C=O) groups excluding carboxylic acids is 1. The highest BCUT2D eigenvalue weighted by Crippen LogP contribution is 2.38. The summed E-state index contributed by atoms with van der Waals surface area (Å²) >= 11 is 0. The van der Waals surface area contributed by atoms with Gasteiger partial charge in [-0.05, 0) is 55.3 Å². The molecule has 2 fully saturated rings. The van der Waals surface area contributed by atoms with Crippen LogP contribution in [0.25, 0.3) is 11.1 Å². The van der Waals surface area contributed by atoms with Crippen LogP contribution in [0.5, 0.6) is 0 Å². The number of hydrogen-bond donors (Lipinski definition) is 3. The maximum atomic E-state index is 13.3. The van der Waals surface area contributed by atoms with E-state index in [1.165, 1.54) is 6.07 Å². The standard InChI is InChI=1S/C22H23F3N2O3/c23-22(24,25)17-5-6-19(27-20(28)15-7-9-26-10-8-15)18(11-17)14-1-3-16(4-2-14)21(29)12-30-13-21/h1-6,11,15,26,29H,7-10,12-13H2,(H,27,28). The number of halogens is 3. The van der Waals surface area contributed by atoms with Gasteiger partial charge in [0.15, 0.2) is 0 Å². The van der Waals surface area contributed by atoms with E-state index in [0.29, 0.717) is 29.7 Å². The summed E-state index contributed by atoms with van der Waals surface area (Å²) in [4.78, 5) is 12.7. The molecular weight excluding hydrogens is 397 g/mol. The zero-order valence-corrected chi connectivity index (χ0v) is 16.3. The fourth-order valence-corrected chi connectivity index (χ4v) is 3.81. The van der Waals surface area contributed by atoms with E-state index in [4.69, 9.17) is 4.74 Å². The second kappa shape index (κ2) is 8.02. The first-order valence-electron chi connectivity index (χ1n) is 9.90. The largest absolute Gasteiger partial charge is 0.416 e. The fourth-order valence-electron chi connectivity index (χ4n) is 3.81. The lowest BCUT2D eigenvalue weighted by atomic mass is 9.90. The third-order valence-electron chi connectivity index (χ3n) is 5.73. The summed E-state index contributed by atoms with van der Waals surface area (Å²) < 4.78 is 45.0. The first kappa shape index (κ1) is 20.8. The van der Waals surface area contributed by atoms with Crippen molar-refractivity contribution >= 4 is 11.6 Å². The Balaban J connectivity index is 1.66. The topological polar surface area (TPSA) is 70.6 Å². The number of hydrogen-bond acceptors (Lipinski definition) is 4. The Kier molecular flexibility index (Phi) is 5.57. The molecule has 3 N–H and O–H groups in total. The van der Waals surface area contributed by atoms with Gasteiger partial charge in [0.05, 0.1) is 18.8 Å². The van der Waals surface area contributed by atoms with Crippen molar-refractivity contribution in [1.82, 2.24) is 5.32 Å². The highest BCUT2D eigenvalue weighted by Gasteiger charge is 2.38. The second-order valence-corrected chi connectivity index (χ2v) is 7.87. The molecule has 0 aromatic heterocycles. The van der Waals surface area contributed by atoms with Crippen LogP contribution in [0.15, 0.2) is 42.5 Å². The number of anilines is 1. The normalized spacial score (nSPS) is 19.2. The lowest BCUT2D eigenvalue weighted by Crippen LogP contribution is -2.46. The molecule has 2 aromatic rings. The molecule has 2 aromatic carbocycles. The number of alkyl halides is 3. The molecule has 0 aliphatic carbocycles. The van der Waals surface area contributed by atoms with Crippen LogP contribution in [0.1, 0.15) is 24.0 Å². The second-order valence-electron chi connectivity index (χ2n) is 7.87. The van der Waals surface area contributed by atoms with Crippen LogP contribution >= 0.6 is 0 Å². The van der Waals surface area contributed by atoms with Crippen LogP contribution in [0.3, 0.4) is 0 Å². The Morgan fingerprint density at radius 1 is 1.10 bits per heavy atom. The van der Waals surface area contributed by atoms with Gasteiger partial charge in [-0.2, -0.15) is 13.2 Å². The van der Waals surface area contributed by atoms with E-state index < -0.39 is 17.3 Å². The average molecular weight is 420 g/mol.